The van der Waals surface area contributed by atoms with Crippen molar-refractivity contribution < 1.29 is 18.9 Å². The molecule has 12 nitrogen and oxygen atoms in total. The van der Waals surface area contributed by atoms with Gasteiger partial charge >= 0.3 is 0 Å². The van der Waals surface area contributed by atoms with Gasteiger partial charge in [-0.25, -0.2) is 9.97 Å². The lowest BCUT2D eigenvalue weighted by Crippen LogP contribution is -2.36. The van der Waals surface area contributed by atoms with Gasteiger partial charge in [0.1, 0.15) is 19.0 Å². The average Bonchev–Trinajstić information content (AvgIpc) is 3.61. The number of imidazole rings is 1. The third-order valence-electron chi connectivity index (χ3n) is 8.70. The topological polar surface area (TPSA) is 178 Å². The van der Waals surface area contributed by atoms with Crippen LogP contribution >= 0.6 is 0 Å². The molecule has 7 rings (SSSR count). The summed E-state index contributed by atoms with van der Waals surface area (Å²) in [5, 5.41) is 8.11. The second kappa shape index (κ2) is 14.5. The number of nitrogens with zero attached hydrogens (tertiary/aromatic N) is 4. The number of anilines is 2. The number of H-pyrrole nitrogens is 1. The van der Waals surface area contributed by atoms with Crippen molar-refractivity contribution in [1.29, 1.82) is 0 Å². The van der Waals surface area contributed by atoms with Gasteiger partial charge in [-0.1, -0.05) is 36.4 Å². The van der Waals surface area contributed by atoms with Crippen LogP contribution in [0.2, 0.25) is 0 Å². The molecular weight excluding hydrogens is 642 g/mol. The van der Waals surface area contributed by atoms with E-state index in [1.165, 1.54) is 0 Å². The van der Waals surface area contributed by atoms with Crippen molar-refractivity contribution >= 4 is 56.2 Å². The quantitative estimate of drug-likeness (QED) is 0.0678. The lowest BCUT2D eigenvalue weighted by Gasteiger charge is -2.09. The summed E-state index contributed by atoms with van der Waals surface area (Å²) in [6.07, 6.45) is 2.57. The number of pyridine rings is 1. The number of hydrogen-bond acceptors (Lipinski definition) is 8. The smallest absolute Gasteiger partial charge is 0.251 e. The molecule has 4 aromatic carbocycles. The van der Waals surface area contributed by atoms with Crippen molar-refractivity contribution in [2.75, 3.05) is 11.5 Å². The fourth-order valence-electron chi connectivity index (χ4n) is 6.04. The number of aryl methyl sites for hydroxylation is 2. The molecule has 2 amide bonds. The molecule has 256 valence electrons. The van der Waals surface area contributed by atoms with Crippen LogP contribution in [0.4, 0.5) is 11.4 Å². The zero-order valence-electron chi connectivity index (χ0n) is 28.1. The molecule has 0 saturated heterocycles. The first-order valence-electron chi connectivity index (χ1n) is 16.7. The highest BCUT2D eigenvalue weighted by Gasteiger charge is 2.17. The van der Waals surface area contributed by atoms with Crippen molar-refractivity contribution in [3.63, 3.8) is 0 Å². The molecule has 3 heterocycles. The third-order valence-corrected chi connectivity index (χ3v) is 8.70. The number of ether oxygens (including phenoxy) is 1. The Bertz CT molecular complexity index is 2310. The van der Waals surface area contributed by atoms with E-state index in [9.17, 15) is 9.59 Å². The number of carbonyl (C=O) groups excluding carboxylic acids is 2. The van der Waals surface area contributed by atoms with E-state index in [4.69, 9.17) is 16.2 Å². The van der Waals surface area contributed by atoms with E-state index in [2.05, 4.69) is 41.2 Å². The molecule has 0 atom stereocenters. The molecule has 7 N–H and O–H groups in total. The standard InChI is InChI=1S/C39H37N9O3/c1-24-46-37-36(44-23-45-37)39(47-24)51-22-27-6-4-25(5-7-27)21-43-38(50)28-10-8-26(9-11-28)20-42-35(49)3-2-16-48-33-18-31(40)14-12-29(33)17-30-13-15-32(41)19-34(30)48/h4-15,17-19,23H,2-3,16,20-22H2,1H3,(H6,40,41,42,43,44,45,46,47,49,50)/p+1. The molecule has 0 fully saturated rings. The molecule has 0 aliphatic rings. The van der Waals surface area contributed by atoms with Gasteiger partial charge in [0.25, 0.3) is 5.91 Å². The van der Waals surface area contributed by atoms with Crippen molar-refractivity contribution in [2.24, 2.45) is 0 Å². The first-order chi connectivity index (χ1) is 24.8. The van der Waals surface area contributed by atoms with E-state index in [0.29, 0.717) is 78.9 Å². The summed E-state index contributed by atoms with van der Waals surface area (Å²) < 4.78 is 8.09. The van der Waals surface area contributed by atoms with Crippen molar-refractivity contribution in [2.45, 2.75) is 46.0 Å². The minimum absolute atomic E-state index is 0.0438. The minimum atomic E-state index is -0.179. The lowest BCUT2D eigenvalue weighted by atomic mass is 10.1. The lowest BCUT2D eigenvalue weighted by molar-refractivity contribution is -0.645. The van der Waals surface area contributed by atoms with Gasteiger partial charge in [-0.2, -0.15) is 9.55 Å². The van der Waals surface area contributed by atoms with Gasteiger partial charge in [0.05, 0.1) is 6.33 Å². The van der Waals surface area contributed by atoms with E-state index in [1.807, 2.05) is 72.8 Å². The van der Waals surface area contributed by atoms with E-state index >= 15 is 0 Å². The monoisotopic (exact) mass is 680 g/mol. The van der Waals surface area contributed by atoms with Gasteiger partial charge in [-0.05, 0) is 66.1 Å². The Kier molecular flexibility index (Phi) is 9.38. The number of hydrogen-bond donors (Lipinski definition) is 5. The highest BCUT2D eigenvalue weighted by molar-refractivity contribution is 5.94. The second-order valence-corrected chi connectivity index (χ2v) is 12.5. The fourth-order valence-corrected chi connectivity index (χ4v) is 6.04. The number of carbonyl (C=O) groups is 2. The van der Waals surface area contributed by atoms with E-state index in [0.717, 1.165) is 38.5 Å². The molecule has 0 radical (unpaired) electrons. The van der Waals surface area contributed by atoms with Crippen LogP contribution in [-0.2, 0) is 31.0 Å². The Labute approximate surface area is 293 Å². The van der Waals surface area contributed by atoms with E-state index < -0.39 is 0 Å². The maximum Gasteiger partial charge on any atom is 0.251 e. The Hall–Kier alpha value is -6.56. The van der Waals surface area contributed by atoms with Crippen molar-refractivity contribution in [1.82, 2.24) is 30.6 Å². The number of benzene rings is 4. The van der Waals surface area contributed by atoms with E-state index in [-0.39, 0.29) is 11.8 Å². The summed E-state index contributed by atoms with van der Waals surface area (Å²) in [5.41, 5.74) is 20.2. The molecule has 7 aromatic rings. The van der Waals surface area contributed by atoms with Gasteiger partial charge in [0, 0.05) is 65.8 Å². The Morgan fingerprint density at radius 3 is 2.10 bits per heavy atom. The highest BCUT2D eigenvalue weighted by atomic mass is 16.5. The number of rotatable bonds is 12. The molecule has 0 bridgehead atoms. The van der Waals surface area contributed by atoms with Crippen LogP contribution in [0.25, 0.3) is 33.0 Å². The highest BCUT2D eigenvalue weighted by Crippen LogP contribution is 2.23. The zero-order valence-corrected chi connectivity index (χ0v) is 28.1. The normalized spacial score (nSPS) is 11.2. The number of aromatic nitrogens is 5. The molecule has 3 aromatic heterocycles. The summed E-state index contributed by atoms with van der Waals surface area (Å²) >= 11 is 0. The number of nitrogen functional groups attached to an aromatic ring is 2. The van der Waals surface area contributed by atoms with Crippen LogP contribution in [0.15, 0.2) is 97.3 Å². The predicted octanol–water partition coefficient (Wildman–Crippen LogP) is 5.03. The molecule has 0 aliphatic carbocycles. The van der Waals surface area contributed by atoms with Crippen LogP contribution in [0.1, 0.15) is 45.7 Å². The first-order valence-corrected chi connectivity index (χ1v) is 16.7. The van der Waals surface area contributed by atoms with Crippen molar-refractivity contribution in [3.05, 3.63) is 125 Å². The summed E-state index contributed by atoms with van der Waals surface area (Å²) in [6.45, 7) is 3.51. The number of nitrogens with two attached hydrogens (primary N) is 2. The summed E-state index contributed by atoms with van der Waals surface area (Å²) in [6, 6.07) is 28.9. The molecule has 0 saturated carbocycles. The average molecular weight is 681 g/mol. The van der Waals surface area contributed by atoms with Crippen LogP contribution < -0.4 is 31.4 Å². The van der Waals surface area contributed by atoms with Crippen LogP contribution in [0.3, 0.4) is 0 Å². The van der Waals surface area contributed by atoms with Gasteiger partial charge in [0.2, 0.25) is 22.8 Å². The maximum atomic E-state index is 12.8. The van der Waals surface area contributed by atoms with Crippen LogP contribution in [0.5, 0.6) is 5.88 Å². The van der Waals surface area contributed by atoms with Gasteiger partial charge in [0.15, 0.2) is 11.2 Å². The number of nitrogens with one attached hydrogen (secondary N) is 3. The molecule has 0 spiro atoms. The minimum Gasteiger partial charge on any atom is -0.471 e. The van der Waals surface area contributed by atoms with Crippen LogP contribution in [-0.4, -0.2) is 31.8 Å². The number of fused-ring (bicyclic) bond motifs is 3. The number of aromatic amines is 1. The molecule has 0 unspecified atom stereocenters. The number of amides is 2. The molecule has 12 heteroatoms. The third kappa shape index (κ3) is 7.70. The Morgan fingerprint density at radius 1 is 0.784 bits per heavy atom. The molecular formula is C39H38N9O3+. The SMILES string of the molecule is Cc1nc(OCc2ccc(CNC(=O)c3ccc(CNC(=O)CCC[n+]4c5cc(N)ccc5cc5ccc(N)cc54)cc3)cc2)c2nc[nH]c2n1. The van der Waals surface area contributed by atoms with Gasteiger partial charge < -0.3 is 31.8 Å². The molecule has 0 aliphatic heterocycles. The zero-order chi connectivity index (χ0) is 35.3. The van der Waals surface area contributed by atoms with Gasteiger partial charge in [-0.3, -0.25) is 9.59 Å². The van der Waals surface area contributed by atoms with Crippen molar-refractivity contribution in [3.8, 4) is 5.88 Å². The molecule has 51 heavy (non-hydrogen) atoms. The second-order valence-electron chi connectivity index (χ2n) is 12.5. The van der Waals surface area contributed by atoms with Gasteiger partial charge in [-0.15, -0.1) is 0 Å². The Morgan fingerprint density at radius 2 is 1.41 bits per heavy atom. The summed E-state index contributed by atoms with van der Waals surface area (Å²) in [7, 11) is 0. The Balaban J connectivity index is 0.867. The van der Waals surface area contributed by atoms with E-state index in [1.54, 1.807) is 25.4 Å². The fraction of sp³-hybridized carbons (Fsp3) is 0.179. The predicted molar refractivity (Wildman–Crippen MR) is 196 cm³/mol. The summed E-state index contributed by atoms with van der Waals surface area (Å²) in [4.78, 5) is 41.5. The maximum absolute atomic E-state index is 12.8. The largest absolute Gasteiger partial charge is 0.471 e. The first kappa shape index (κ1) is 33.0. The summed E-state index contributed by atoms with van der Waals surface area (Å²) in [5.74, 6) is 0.809. The van der Waals surface area contributed by atoms with Crippen LogP contribution in [0, 0.1) is 6.92 Å².